The molecule has 2 rings (SSSR count). The quantitative estimate of drug-likeness (QED) is 0.318. The van der Waals surface area contributed by atoms with Crippen LogP contribution in [0.1, 0.15) is 59.2 Å². The van der Waals surface area contributed by atoms with Crippen molar-refractivity contribution in [2.24, 2.45) is 0 Å². The minimum Gasteiger partial charge on any atom is -0.467 e. The number of aliphatic hydroxyl groups is 1. The number of hydrogen-bond donors (Lipinski definition) is 1. The smallest absolute Gasteiger partial charge is 0.338 e. The highest BCUT2D eigenvalue weighted by Gasteiger charge is 2.22. The summed E-state index contributed by atoms with van der Waals surface area (Å²) < 4.78 is 15.8. The number of ether oxygens (including phenoxy) is 3. The summed E-state index contributed by atoms with van der Waals surface area (Å²) >= 11 is 0. The summed E-state index contributed by atoms with van der Waals surface area (Å²) in [5, 5.41) is 8.93. The van der Waals surface area contributed by atoms with Gasteiger partial charge in [0.2, 0.25) is 0 Å². The molecule has 0 saturated carbocycles. The van der Waals surface area contributed by atoms with Gasteiger partial charge in [-0.2, -0.15) is 0 Å². The molecule has 0 saturated heterocycles. The van der Waals surface area contributed by atoms with Gasteiger partial charge >= 0.3 is 11.9 Å². The molecule has 0 aliphatic rings. The molecule has 33 heavy (non-hydrogen) atoms. The SMILES string of the molecule is COC(=O)c1ccccc1CCCOC(Cc1ccccc1CCCCCCO)C(=O)OC. The van der Waals surface area contributed by atoms with Crippen molar-refractivity contribution in [3.63, 3.8) is 0 Å². The summed E-state index contributed by atoms with van der Waals surface area (Å²) in [6, 6.07) is 15.5. The fourth-order valence-corrected chi connectivity index (χ4v) is 3.86. The Kier molecular flexibility index (Phi) is 12.2. The number of rotatable bonds is 15. The highest BCUT2D eigenvalue weighted by atomic mass is 16.6. The van der Waals surface area contributed by atoms with Gasteiger partial charge in [-0.05, 0) is 54.9 Å². The van der Waals surface area contributed by atoms with Crippen LogP contribution in [0.25, 0.3) is 0 Å². The van der Waals surface area contributed by atoms with E-state index in [1.165, 1.54) is 19.8 Å². The third-order valence-electron chi connectivity index (χ3n) is 5.67. The van der Waals surface area contributed by atoms with Gasteiger partial charge in [-0.25, -0.2) is 9.59 Å². The number of carbonyl (C=O) groups excluding carboxylic acids is 2. The van der Waals surface area contributed by atoms with Crippen LogP contribution in [0.2, 0.25) is 0 Å². The molecule has 6 heteroatoms. The van der Waals surface area contributed by atoms with Gasteiger partial charge in [0.25, 0.3) is 0 Å². The van der Waals surface area contributed by atoms with E-state index in [1.54, 1.807) is 6.07 Å². The number of unbranched alkanes of at least 4 members (excludes halogenated alkanes) is 3. The lowest BCUT2D eigenvalue weighted by atomic mass is 9.97. The molecule has 0 aromatic heterocycles. The zero-order valence-electron chi connectivity index (χ0n) is 19.8. The van der Waals surface area contributed by atoms with Crippen LogP contribution in [0.15, 0.2) is 48.5 Å². The average molecular weight is 457 g/mol. The van der Waals surface area contributed by atoms with Crippen molar-refractivity contribution in [2.75, 3.05) is 27.4 Å². The maximum absolute atomic E-state index is 12.4. The molecular formula is C27H36O6. The van der Waals surface area contributed by atoms with Gasteiger partial charge in [0.15, 0.2) is 6.10 Å². The average Bonchev–Trinajstić information content (AvgIpc) is 2.85. The molecular weight excluding hydrogens is 420 g/mol. The Morgan fingerprint density at radius 1 is 0.788 bits per heavy atom. The molecule has 6 nitrogen and oxygen atoms in total. The normalized spacial score (nSPS) is 11.7. The zero-order valence-corrected chi connectivity index (χ0v) is 19.8. The number of carbonyl (C=O) groups is 2. The maximum Gasteiger partial charge on any atom is 0.338 e. The highest BCUT2D eigenvalue weighted by molar-refractivity contribution is 5.90. The predicted molar refractivity (Wildman–Crippen MR) is 127 cm³/mol. The second-order valence-corrected chi connectivity index (χ2v) is 8.00. The van der Waals surface area contributed by atoms with E-state index in [-0.39, 0.29) is 18.5 Å². The molecule has 180 valence electrons. The lowest BCUT2D eigenvalue weighted by Gasteiger charge is -2.18. The maximum atomic E-state index is 12.4. The lowest BCUT2D eigenvalue weighted by Crippen LogP contribution is -2.29. The first kappa shape index (κ1) is 26.6. The third-order valence-corrected chi connectivity index (χ3v) is 5.67. The largest absolute Gasteiger partial charge is 0.467 e. The summed E-state index contributed by atoms with van der Waals surface area (Å²) in [5.41, 5.74) is 3.75. The van der Waals surface area contributed by atoms with Gasteiger partial charge in [-0.15, -0.1) is 0 Å². The summed E-state index contributed by atoms with van der Waals surface area (Å²) in [4.78, 5) is 24.3. The zero-order chi connectivity index (χ0) is 23.9. The molecule has 0 aliphatic heterocycles. The third kappa shape index (κ3) is 8.98. The first-order valence-corrected chi connectivity index (χ1v) is 11.6. The fraction of sp³-hybridized carbons (Fsp3) is 0.481. The summed E-state index contributed by atoms with van der Waals surface area (Å²) in [5.74, 6) is -0.741. The van der Waals surface area contributed by atoms with E-state index in [0.717, 1.165) is 43.2 Å². The van der Waals surface area contributed by atoms with E-state index in [1.807, 2.05) is 36.4 Å². The first-order valence-electron chi connectivity index (χ1n) is 11.6. The second-order valence-electron chi connectivity index (χ2n) is 8.00. The van der Waals surface area contributed by atoms with Crippen molar-refractivity contribution >= 4 is 11.9 Å². The molecule has 2 aromatic carbocycles. The molecule has 0 amide bonds. The molecule has 0 spiro atoms. The van der Waals surface area contributed by atoms with Crippen LogP contribution in [0.5, 0.6) is 0 Å². The van der Waals surface area contributed by atoms with Gasteiger partial charge in [0.1, 0.15) is 0 Å². The fourth-order valence-electron chi connectivity index (χ4n) is 3.86. The van der Waals surface area contributed by atoms with E-state index < -0.39 is 6.10 Å². The van der Waals surface area contributed by atoms with Crippen LogP contribution in [-0.2, 0) is 38.3 Å². The van der Waals surface area contributed by atoms with E-state index in [9.17, 15) is 9.59 Å². The molecule has 1 atom stereocenters. The van der Waals surface area contributed by atoms with Gasteiger partial charge in [0, 0.05) is 19.6 Å². The molecule has 0 bridgehead atoms. The molecule has 0 heterocycles. The minimum absolute atomic E-state index is 0.239. The standard InChI is InChI=1S/C27H36O6/c1-31-26(29)24-17-9-8-14-22(24)16-11-19-33-25(27(30)32-2)20-23-15-7-6-13-21(23)12-5-3-4-10-18-28/h6-9,13-15,17,25,28H,3-5,10-12,16,18-20H2,1-2H3. The van der Waals surface area contributed by atoms with E-state index in [2.05, 4.69) is 6.07 Å². The monoisotopic (exact) mass is 456 g/mol. The summed E-state index contributed by atoms with van der Waals surface area (Å²) in [6.45, 7) is 0.613. The number of aliphatic hydroxyl groups excluding tert-OH is 1. The molecule has 0 aliphatic carbocycles. The first-order chi connectivity index (χ1) is 16.1. The topological polar surface area (TPSA) is 82.1 Å². The Morgan fingerprint density at radius 3 is 2.12 bits per heavy atom. The van der Waals surface area contributed by atoms with Crippen molar-refractivity contribution in [3.05, 3.63) is 70.8 Å². The van der Waals surface area contributed by atoms with Crippen LogP contribution in [-0.4, -0.2) is 50.6 Å². The second kappa shape index (κ2) is 15.2. The number of aryl methyl sites for hydroxylation is 2. The molecule has 0 fully saturated rings. The van der Waals surface area contributed by atoms with Crippen LogP contribution in [0.4, 0.5) is 0 Å². The van der Waals surface area contributed by atoms with Crippen LogP contribution >= 0.6 is 0 Å². The van der Waals surface area contributed by atoms with Crippen LogP contribution in [0.3, 0.4) is 0 Å². The molecule has 1 unspecified atom stereocenters. The lowest BCUT2D eigenvalue weighted by molar-refractivity contribution is -0.154. The van der Waals surface area contributed by atoms with Crippen molar-refractivity contribution in [3.8, 4) is 0 Å². The number of benzene rings is 2. The predicted octanol–water partition coefficient (Wildman–Crippen LogP) is 4.30. The van der Waals surface area contributed by atoms with Gasteiger partial charge in [-0.1, -0.05) is 55.3 Å². The number of esters is 2. The molecule has 1 N–H and O–H groups in total. The summed E-state index contributed by atoms with van der Waals surface area (Å²) in [7, 11) is 2.74. The van der Waals surface area contributed by atoms with Gasteiger partial charge in [-0.3, -0.25) is 0 Å². The van der Waals surface area contributed by atoms with Crippen LogP contribution < -0.4 is 0 Å². The number of hydrogen-bond acceptors (Lipinski definition) is 6. The van der Waals surface area contributed by atoms with Gasteiger partial charge in [0.05, 0.1) is 19.8 Å². The Bertz CT molecular complexity index is 863. The molecule has 2 aromatic rings. The Hall–Kier alpha value is -2.70. The minimum atomic E-state index is -0.679. The van der Waals surface area contributed by atoms with Crippen molar-refractivity contribution in [1.29, 1.82) is 0 Å². The Morgan fingerprint density at radius 2 is 1.42 bits per heavy atom. The van der Waals surface area contributed by atoms with Crippen molar-refractivity contribution in [1.82, 2.24) is 0 Å². The van der Waals surface area contributed by atoms with Crippen molar-refractivity contribution in [2.45, 2.75) is 57.5 Å². The Balaban J connectivity index is 1.93. The molecule has 0 radical (unpaired) electrons. The van der Waals surface area contributed by atoms with Gasteiger partial charge < -0.3 is 19.3 Å². The Labute approximate surface area is 196 Å². The summed E-state index contributed by atoms with van der Waals surface area (Å²) in [6.07, 6.45) is 5.98. The highest BCUT2D eigenvalue weighted by Crippen LogP contribution is 2.18. The van der Waals surface area contributed by atoms with E-state index in [4.69, 9.17) is 19.3 Å². The van der Waals surface area contributed by atoms with Crippen molar-refractivity contribution < 1.29 is 28.9 Å². The van der Waals surface area contributed by atoms with E-state index in [0.29, 0.717) is 31.4 Å². The number of methoxy groups -OCH3 is 2. The van der Waals surface area contributed by atoms with Crippen LogP contribution in [0, 0.1) is 0 Å². The van der Waals surface area contributed by atoms with E-state index >= 15 is 0 Å².